The molecule has 3 aromatic rings. The van der Waals surface area contributed by atoms with Gasteiger partial charge in [0.15, 0.2) is 11.6 Å². The van der Waals surface area contributed by atoms with E-state index in [9.17, 15) is 14.9 Å². The molecule has 0 radical (unpaired) electrons. The maximum absolute atomic E-state index is 13.2. The lowest BCUT2D eigenvalue weighted by atomic mass is 10.3. The number of hydrogen-bond acceptors (Lipinski definition) is 6. The molecule has 0 aliphatic carbocycles. The standard InChI is InChI=1S/C18H18N6O3/c1-21-8-5-9-23(18(25)15-10-12(24(26)27)11-22(15)2)17-16(21)19-13-6-3-4-7-14(13)20-17/h3-4,6-7,10-11H,5,8-9H2,1-2H3. The lowest BCUT2D eigenvalue weighted by Crippen LogP contribution is -2.33. The topological polar surface area (TPSA) is 97.4 Å². The van der Waals surface area contributed by atoms with Crippen molar-refractivity contribution in [2.24, 2.45) is 7.05 Å². The van der Waals surface area contributed by atoms with Gasteiger partial charge in [-0.1, -0.05) is 12.1 Å². The summed E-state index contributed by atoms with van der Waals surface area (Å²) in [7, 11) is 3.54. The highest BCUT2D eigenvalue weighted by Crippen LogP contribution is 2.31. The van der Waals surface area contributed by atoms with Crippen LogP contribution in [-0.2, 0) is 7.05 Å². The van der Waals surface area contributed by atoms with Crippen LogP contribution in [0, 0.1) is 10.1 Å². The maximum atomic E-state index is 13.2. The highest BCUT2D eigenvalue weighted by molar-refractivity contribution is 6.07. The Morgan fingerprint density at radius 1 is 1.11 bits per heavy atom. The van der Waals surface area contributed by atoms with E-state index in [0.717, 1.165) is 18.5 Å². The number of rotatable bonds is 2. The number of amides is 1. The molecule has 0 saturated carbocycles. The molecule has 27 heavy (non-hydrogen) atoms. The zero-order valence-corrected chi connectivity index (χ0v) is 15.0. The van der Waals surface area contributed by atoms with Crippen LogP contribution < -0.4 is 9.80 Å². The van der Waals surface area contributed by atoms with Gasteiger partial charge in [-0.3, -0.25) is 19.8 Å². The summed E-state index contributed by atoms with van der Waals surface area (Å²) < 4.78 is 1.48. The number of hydrogen-bond donors (Lipinski definition) is 0. The molecule has 1 aliphatic heterocycles. The normalized spacial score (nSPS) is 14.1. The third-order valence-electron chi connectivity index (χ3n) is 4.69. The highest BCUT2D eigenvalue weighted by atomic mass is 16.6. The minimum atomic E-state index is -0.506. The van der Waals surface area contributed by atoms with Crippen molar-refractivity contribution in [3.63, 3.8) is 0 Å². The van der Waals surface area contributed by atoms with Gasteiger partial charge in [-0.25, -0.2) is 9.97 Å². The SMILES string of the molecule is CN1CCCN(C(=O)c2cc([N+](=O)[O-])cn2C)c2nc3ccccc3nc21. The third kappa shape index (κ3) is 2.86. The van der Waals surface area contributed by atoms with E-state index in [1.54, 1.807) is 11.9 Å². The van der Waals surface area contributed by atoms with E-state index in [2.05, 4.69) is 4.98 Å². The smallest absolute Gasteiger partial charge is 0.287 e. The summed E-state index contributed by atoms with van der Waals surface area (Å²) in [5, 5.41) is 11.0. The zero-order valence-electron chi connectivity index (χ0n) is 15.0. The van der Waals surface area contributed by atoms with Crippen LogP contribution in [0.3, 0.4) is 0 Å². The van der Waals surface area contributed by atoms with Gasteiger partial charge in [0.2, 0.25) is 0 Å². The van der Waals surface area contributed by atoms with Gasteiger partial charge in [0, 0.05) is 33.3 Å². The molecule has 1 amide bonds. The molecule has 9 nitrogen and oxygen atoms in total. The van der Waals surface area contributed by atoms with E-state index < -0.39 is 4.92 Å². The molecule has 3 heterocycles. The van der Waals surface area contributed by atoms with Crippen molar-refractivity contribution < 1.29 is 9.72 Å². The first-order valence-electron chi connectivity index (χ1n) is 8.56. The third-order valence-corrected chi connectivity index (χ3v) is 4.69. The second kappa shape index (κ2) is 6.35. The average Bonchev–Trinajstić information content (AvgIpc) is 2.98. The number of carbonyl (C=O) groups excluding carboxylic acids is 1. The van der Waals surface area contributed by atoms with Crippen LogP contribution in [-0.4, -0.2) is 45.5 Å². The number of nitrogens with zero attached hydrogens (tertiary/aromatic N) is 6. The van der Waals surface area contributed by atoms with E-state index in [0.29, 0.717) is 23.7 Å². The van der Waals surface area contributed by atoms with Gasteiger partial charge in [0.25, 0.3) is 11.6 Å². The molecule has 138 valence electrons. The molecular formula is C18H18N6O3. The number of aryl methyl sites for hydroxylation is 1. The molecule has 0 N–H and O–H groups in total. The fraction of sp³-hybridized carbons (Fsp3) is 0.278. The Balaban J connectivity index is 1.84. The average molecular weight is 366 g/mol. The number of para-hydroxylation sites is 2. The van der Waals surface area contributed by atoms with Gasteiger partial charge in [-0.05, 0) is 18.6 Å². The van der Waals surface area contributed by atoms with Crippen LogP contribution in [0.25, 0.3) is 11.0 Å². The van der Waals surface area contributed by atoms with Gasteiger partial charge < -0.3 is 9.47 Å². The lowest BCUT2D eigenvalue weighted by molar-refractivity contribution is -0.384. The maximum Gasteiger partial charge on any atom is 0.287 e. The molecule has 0 unspecified atom stereocenters. The molecule has 0 fully saturated rings. The quantitative estimate of drug-likeness (QED) is 0.510. The number of fused-ring (bicyclic) bond motifs is 2. The van der Waals surface area contributed by atoms with Crippen molar-refractivity contribution >= 4 is 34.3 Å². The summed E-state index contributed by atoms with van der Waals surface area (Å²) in [4.78, 5) is 36.7. The van der Waals surface area contributed by atoms with Crippen LogP contribution >= 0.6 is 0 Å². The number of anilines is 2. The first kappa shape index (κ1) is 17.0. The molecule has 1 aliphatic rings. The number of benzene rings is 1. The summed E-state index contributed by atoms with van der Waals surface area (Å²) in [6.45, 7) is 1.19. The van der Waals surface area contributed by atoms with Gasteiger partial charge >= 0.3 is 0 Å². The van der Waals surface area contributed by atoms with Crippen molar-refractivity contribution in [3.05, 3.63) is 52.3 Å². The Bertz CT molecular complexity index is 1060. The molecule has 0 saturated heterocycles. The van der Waals surface area contributed by atoms with Crippen molar-refractivity contribution in [1.29, 1.82) is 0 Å². The first-order chi connectivity index (χ1) is 13.0. The highest BCUT2D eigenvalue weighted by Gasteiger charge is 2.30. The monoisotopic (exact) mass is 366 g/mol. The van der Waals surface area contributed by atoms with Crippen molar-refractivity contribution in [2.75, 3.05) is 29.9 Å². The van der Waals surface area contributed by atoms with Gasteiger partial charge in [0.05, 0.1) is 22.2 Å². The molecule has 9 heteroatoms. The van der Waals surface area contributed by atoms with Crippen LogP contribution in [0.4, 0.5) is 17.3 Å². The van der Waals surface area contributed by atoms with Crippen molar-refractivity contribution in [3.8, 4) is 0 Å². The molecule has 0 spiro atoms. The van der Waals surface area contributed by atoms with Gasteiger partial charge in [-0.15, -0.1) is 0 Å². The number of aromatic nitrogens is 3. The Hall–Kier alpha value is -3.49. The van der Waals surface area contributed by atoms with E-state index >= 15 is 0 Å². The molecular weight excluding hydrogens is 348 g/mol. The molecule has 2 aromatic heterocycles. The van der Waals surface area contributed by atoms with Gasteiger partial charge in [-0.2, -0.15) is 0 Å². The summed E-state index contributed by atoms with van der Waals surface area (Å²) >= 11 is 0. The molecule has 0 atom stereocenters. The fourth-order valence-corrected chi connectivity index (χ4v) is 3.29. The Kier molecular flexibility index (Phi) is 3.98. The first-order valence-corrected chi connectivity index (χ1v) is 8.56. The summed E-state index contributed by atoms with van der Waals surface area (Å²) in [5.41, 5.74) is 1.58. The van der Waals surface area contributed by atoms with E-state index in [4.69, 9.17) is 4.98 Å². The molecule has 4 rings (SSSR count). The van der Waals surface area contributed by atoms with Crippen LogP contribution in [0.5, 0.6) is 0 Å². The Labute approximate surface area is 155 Å². The second-order valence-corrected chi connectivity index (χ2v) is 6.54. The van der Waals surface area contributed by atoms with E-state index in [-0.39, 0.29) is 17.3 Å². The van der Waals surface area contributed by atoms with E-state index in [1.165, 1.54) is 16.8 Å². The second-order valence-electron chi connectivity index (χ2n) is 6.54. The number of nitro groups is 1. The predicted molar refractivity (Wildman–Crippen MR) is 101 cm³/mol. The fourth-order valence-electron chi connectivity index (χ4n) is 3.29. The molecule has 0 bridgehead atoms. The zero-order chi connectivity index (χ0) is 19.1. The summed E-state index contributed by atoms with van der Waals surface area (Å²) in [6.07, 6.45) is 2.08. The van der Waals surface area contributed by atoms with E-state index in [1.807, 2.05) is 36.2 Å². The van der Waals surface area contributed by atoms with Crippen LogP contribution in [0.1, 0.15) is 16.9 Å². The van der Waals surface area contributed by atoms with Crippen molar-refractivity contribution in [2.45, 2.75) is 6.42 Å². The Morgan fingerprint density at radius 2 is 1.78 bits per heavy atom. The minimum absolute atomic E-state index is 0.113. The lowest BCUT2D eigenvalue weighted by Gasteiger charge is -2.22. The largest absolute Gasteiger partial charge is 0.357 e. The van der Waals surface area contributed by atoms with Crippen molar-refractivity contribution in [1.82, 2.24) is 14.5 Å². The predicted octanol–water partition coefficient (Wildman–Crippen LogP) is 2.36. The van der Waals surface area contributed by atoms with Crippen LogP contribution in [0.15, 0.2) is 36.5 Å². The number of carbonyl (C=O) groups is 1. The summed E-state index contributed by atoms with van der Waals surface area (Å²) in [5.74, 6) is 0.776. The van der Waals surface area contributed by atoms with Crippen LogP contribution in [0.2, 0.25) is 0 Å². The van der Waals surface area contributed by atoms with Gasteiger partial charge in [0.1, 0.15) is 5.69 Å². The summed E-state index contributed by atoms with van der Waals surface area (Å²) in [6, 6.07) is 8.80. The Morgan fingerprint density at radius 3 is 2.41 bits per heavy atom. The molecule has 1 aromatic carbocycles. The minimum Gasteiger partial charge on any atom is -0.357 e.